The van der Waals surface area contributed by atoms with Crippen LogP contribution in [0, 0.1) is 6.57 Å². The Balaban J connectivity index is 0.000000268. The van der Waals surface area contributed by atoms with Crippen LogP contribution in [0.5, 0.6) is 0 Å². The van der Waals surface area contributed by atoms with Crippen LogP contribution in [0.2, 0.25) is 10.3 Å². The largest absolute Gasteiger partial charge is 0.477 e. The van der Waals surface area contributed by atoms with Crippen molar-refractivity contribution >= 4 is 58.6 Å². The van der Waals surface area contributed by atoms with E-state index in [1.165, 1.54) is 54.8 Å². The number of anilines is 2. The average molecular weight is 1140 g/mol. The lowest BCUT2D eigenvalue weighted by Crippen LogP contribution is -2.47. The first-order chi connectivity index (χ1) is 37.0. The van der Waals surface area contributed by atoms with Gasteiger partial charge in [0.1, 0.15) is 39.1 Å². The van der Waals surface area contributed by atoms with Gasteiger partial charge in [-0.25, -0.2) is 31.3 Å². The van der Waals surface area contributed by atoms with E-state index in [1.54, 1.807) is 12.1 Å². The number of nitrogens with one attached hydrogen (secondary N) is 3. The number of H-pyrrole nitrogens is 2. The molecule has 6 aromatic rings. The highest BCUT2D eigenvalue weighted by Crippen LogP contribution is 2.37. The van der Waals surface area contributed by atoms with E-state index in [1.807, 2.05) is 45.0 Å². The summed E-state index contributed by atoms with van der Waals surface area (Å²) in [6.07, 6.45) is 7.04. The molecule has 2 aromatic carbocycles. The summed E-state index contributed by atoms with van der Waals surface area (Å²) in [6, 6.07) is 17.6. The quantitative estimate of drug-likeness (QED) is 0.0319. The number of carboxylic acid groups (broad SMARTS) is 1. The van der Waals surface area contributed by atoms with E-state index in [9.17, 15) is 45.5 Å². The lowest BCUT2D eigenvalue weighted by atomic mass is 9.87. The van der Waals surface area contributed by atoms with Crippen molar-refractivity contribution in [3.05, 3.63) is 165 Å². The van der Waals surface area contributed by atoms with E-state index >= 15 is 0 Å². The number of carbonyl (C=O) groups is 4. The molecule has 2 aliphatic rings. The van der Waals surface area contributed by atoms with Crippen molar-refractivity contribution in [1.29, 1.82) is 0 Å². The smallest absolute Gasteiger partial charge is 0.433 e. The summed E-state index contributed by atoms with van der Waals surface area (Å²) in [5.74, 6) is -2.14. The SMILES string of the molecule is CC(C)(C)c1ccc(N(C(=O)c2cnc[nH]2)C(C(=O)NC2CCCCC2)c2ccc(C(F)(F)F)nc2Cl)cc1.CC(C)(C)c1ccc(N)cc1.O=C(O)c1cnc[nH]1.O=Cc1ccc(C(F)(F)F)nc1Cl.[C-]#[N+]C1CCCCC1. The number of nitrogens with two attached hydrogens (primary N) is 1. The van der Waals surface area contributed by atoms with Gasteiger partial charge in [-0.3, -0.25) is 19.3 Å². The van der Waals surface area contributed by atoms with E-state index in [2.05, 4.69) is 73.0 Å². The predicted molar refractivity (Wildman–Crippen MR) is 291 cm³/mol. The number of benzene rings is 2. The van der Waals surface area contributed by atoms with Gasteiger partial charge >= 0.3 is 18.3 Å². The third kappa shape index (κ3) is 20.1. The lowest BCUT2D eigenvalue weighted by Gasteiger charge is -2.33. The number of nitrogen functional groups attached to an aromatic ring is 1. The molecule has 0 spiro atoms. The van der Waals surface area contributed by atoms with E-state index < -0.39 is 57.9 Å². The third-order valence-electron chi connectivity index (χ3n) is 12.4. The van der Waals surface area contributed by atoms with Crippen LogP contribution in [-0.2, 0) is 28.0 Å². The molecule has 79 heavy (non-hydrogen) atoms. The zero-order chi connectivity index (χ0) is 58.7. The van der Waals surface area contributed by atoms with Gasteiger partial charge in [0.2, 0.25) is 11.9 Å². The molecule has 1 atom stereocenters. The maximum Gasteiger partial charge on any atom is 0.433 e. The highest BCUT2D eigenvalue weighted by molar-refractivity contribution is 6.31. The number of rotatable bonds is 8. The topological polar surface area (TPSA) is 217 Å². The number of hydrogen-bond donors (Lipinski definition) is 5. The molecule has 6 N–H and O–H groups in total. The van der Waals surface area contributed by atoms with Gasteiger partial charge < -0.3 is 31.0 Å². The Hall–Kier alpha value is -7.31. The summed E-state index contributed by atoms with van der Waals surface area (Å²) >= 11 is 11.6. The minimum absolute atomic E-state index is 0.0225. The monoisotopic (exact) mass is 1140 g/mol. The fourth-order valence-electron chi connectivity index (χ4n) is 8.00. The van der Waals surface area contributed by atoms with Gasteiger partial charge in [0.25, 0.3) is 5.91 Å². The van der Waals surface area contributed by atoms with Crippen molar-refractivity contribution in [3.63, 3.8) is 0 Å². The number of aromatic carboxylic acids is 1. The summed E-state index contributed by atoms with van der Waals surface area (Å²) in [6.45, 7) is 19.4. The molecule has 8 rings (SSSR count). The second-order valence-electron chi connectivity index (χ2n) is 20.5. The van der Waals surface area contributed by atoms with Gasteiger partial charge in [0.05, 0.1) is 30.6 Å². The molecule has 2 saturated carbocycles. The Morgan fingerprint density at radius 2 is 1.18 bits per heavy atom. The Morgan fingerprint density at radius 1 is 0.709 bits per heavy atom. The molecule has 4 aromatic heterocycles. The number of aldehydes is 1. The average Bonchev–Trinajstić information content (AvgIpc) is 4.20. The highest BCUT2D eigenvalue weighted by Gasteiger charge is 2.39. The van der Waals surface area contributed by atoms with Crippen LogP contribution < -0.4 is 16.0 Å². The fourth-order valence-corrected chi connectivity index (χ4v) is 8.45. The van der Waals surface area contributed by atoms with Crippen molar-refractivity contribution in [3.8, 4) is 0 Å². The number of aromatic nitrogens is 6. The number of carboxylic acids is 1. The van der Waals surface area contributed by atoms with E-state index in [-0.39, 0.29) is 39.4 Å². The molecule has 4 heterocycles. The van der Waals surface area contributed by atoms with E-state index in [0.29, 0.717) is 24.1 Å². The Morgan fingerprint density at radius 3 is 1.57 bits per heavy atom. The molecule has 0 saturated heterocycles. The van der Waals surface area contributed by atoms with Crippen LogP contribution in [0.25, 0.3) is 4.85 Å². The molecule has 424 valence electrons. The van der Waals surface area contributed by atoms with Crippen LogP contribution in [0.4, 0.5) is 37.7 Å². The molecule has 2 fully saturated rings. The fraction of sp³-hybridized carbons (Fsp3) is 0.411. The normalized spacial score (nSPS) is 14.3. The molecular weight excluding hydrogens is 1080 g/mol. The minimum atomic E-state index is -4.73. The van der Waals surface area contributed by atoms with Crippen LogP contribution >= 0.6 is 23.2 Å². The molecule has 23 heteroatoms. The second kappa shape index (κ2) is 29.1. The molecular formula is C56H64Cl2F6N10O5. The van der Waals surface area contributed by atoms with Crippen molar-refractivity contribution in [1.82, 2.24) is 35.2 Å². The third-order valence-corrected chi connectivity index (χ3v) is 13.0. The predicted octanol–water partition coefficient (Wildman–Crippen LogP) is 14.1. The van der Waals surface area contributed by atoms with Crippen molar-refractivity contribution in [2.24, 2.45) is 0 Å². The number of alkyl halides is 6. The first kappa shape index (κ1) is 64.2. The lowest BCUT2D eigenvalue weighted by molar-refractivity contribution is -0.142. The first-order valence-corrected chi connectivity index (χ1v) is 25.9. The molecule has 0 radical (unpaired) electrons. The van der Waals surface area contributed by atoms with Crippen molar-refractivity contribution in [2.75, 3.05) is 10.6 Å². The van der Waals surface area contributed by atoms with Gasteiger partial charge in [-0.2, -0.15) is 26.3 Å². The van der Waals surface area contributed by atoms with Crippen molar-refractivity contribution in [2.45, 2.75) is 147 Å². The maximum atomic E-state index is 13.9. The molecule has 2 amide bonds. The summed E-state index contributed by atoms with van der Waals surface area (Å²) < 4.78 is 76.1. The number of carbonyl (C=O) groups excluding carboxylic acids is 3. The molecule has 0 aliphatic heterocycles. The molecule has 1 unspecified atom stereocenters. The maximum absolute atomic E-state index is 13.9. The Kier molecular flexibility index (Phi) is 23.6. The highest BCUT2D eigenvalue weighted by atomic mass is 35.5. The molecule has 0 bridgehead atoms. The van der Waals surface area contributed by atoms with Crippen LogP contribution in [0.1, 0.15) is 171 Å². The zero-order valence-corrected chi connectivity index (χ0v) is 46.0. The number of nitrogens with zero attached hydrogens (tertiary/aromatic N) is 6. The van der Waals surface area contributed by atoms with Crippen molar-refractivity contribution < 1.29 is 50.6 Å². The van der Waals surface area contributed by atoms with Gasteiger partial charge in [0, 0.05) is 35.8 Å². The van der Waals surface area contributed by atoms with Crippen LogP contribution in [0.3, 0.4) is 0 Å². The van der Waals surface area contributed by atoms with E-state index in [0.717, 1.165) is 74.4 Å². The summed E-state index contributed by atoms with van der Waals surface area (Å²) in [7, 11) is 0. The second-order valence-corrected chi connectivity index (χ2v) is 21.2. The number of hydrogen-bond acceptors (Lipinski definition) is 9. The minimum Gasteiger partial charge on any atom is -0.477 e. The van der Waals surface area contributed by atoms with Gasteiger partial charge in [-0.15, -0.1) is 0 Å². The Labute approximate surface area is 465 Å². The van der Waals surface area contributed by atoms with Gasteiger partial charge in [-0.05, 0) is 90.1 Å². The van der Waals surface area contributed by atoms with E-state index in [4.69, 9.17) is 40.6 Å². The molecule has 15 nitrogen and oxygen atoms in total. The van der Waals surface area contributed by atoms with Crippen LogP contribution in [0.15, 0.2) is 97.8 Å². The zero-order valence-electron chi connectivity index (χ0n) is 44.5. The molecule has 2 aliphatic carbocycles. The van der Waals surface area contributed by atoms with Gasteiger partial charge in [-0.1, -0.05) is 121 Å². The number of amides is 2. The summed E-state index contributed by atoms with van der Waals surface area (Å²) in [5.41, 5.74) is 6.98. The number of aromatic amines is 2. The number of pyridine rings is 2. The van der Waals surface area contributed by atoms with Gasteiger partial charge in [0.15, 0.2) is 6.29 Å². The standard InChI is InChI=1S/C28H31ClF3N5O2.C10H15N.C7H3ClF3NO.C7H11N.C4H4N2O2/c1-27(2,3)17-9-11-19(12-10-17)37(26(39)21-15-33-16-34-21)23(25(38)35-18-7-5-4-6-8-18)20-13-14-22(28(30,31)32)36-24(20)29;1-10(2,3)8-4-6-9(11)7-5-8;8-6-4(3-13)1-2-5(12-6)7(9,10)11;1-8-7-5-3-2-4-6-7;7-4(8)3-1-5-2-6-3/h9-16,18,23H,4-8H2,1-3H3,(H,33,34)(H,35,38);4-7H,11H2,1-3H3;1-3H;7H,2-6H2;1-2H,(H,5,6)(H,7,8). The summed E-state index contributed by atoms with van der Waals surface area (Å²) in [5, 5.41) is 10.3. The Bertz CT molecular complexity index is 2930. The number of halogens is 8. The number of imidazole rings is 2. The first-order valence-electron chi connectivity index (χ1n) is 25.1. The summed E-state index contributed by atoms with van der Waals surface area (Å²) in [4.78, 5) is 71.9. The van der Waals surface area contributed by atoms with Crippen LogP contribution in [-0.4, -0.2) is 71.2 Å².